The first-order valence-electron chi connectivity index (χ1n) is 14.3. The minimum absolute atomic E-state index is 0.117. The summed E-state index contributed by atoms with van der Waals surface area (Å²) in [6.45, 7) is 0.117. The van der Waals surface area contributed by atoms with E-state index in [0.29, 0.717) is 39.9 Å². The number of aromatic nitrogens is 6. The molecule has 0 bridgehead atoms. The monoisotopic (exact) mass is 592 g/mol. The van der Waals surface area contributed by atoms with Crippen LogP contribution in [0, 0.1) is 5.95 Å². The number of halogens is 1. The summed E-state index contributed by atoms with van der Waals surface area (Å²) in [5.74, 6) is -0.155. The summed E-state index contributed by atoms with van der Waals surface area (Å²) in [6, 6.07) is 13.4. The molecule has 1 aliphatic carbocycles. The van der Waals surface area contributed by atoms with Crippen LogP contribution in [0.3, 0.4) is 0 Å². The number of amides is 3. The average molecular weight is 593 g/mol. The summed E-state index contributed by atoms with van der Waals surface area (Å²) >= 11 is 0. The Kier molecular flexibility index (Phi) is 5.89. The number of rotatable bonds is 7. The van der Waals surface area contributed by atoms with E-state index in [-0.39, 0.29) is 18.9 Å². The van der Waals surface area contributed by atoms with E-state index in [9.17, 15) is 18.8 Å². The standard InChI is InChI=1S/C30H25FN10O3/c31-24-10-9-17(14-32-24)33-27(42)23-12-18(41-28(43)19-4-1-2-5-20(19)29(41)44)15-39(23)30-35-26(22-6-3-11-40(22)38-30)34-25-13-21(36-37-25)16-7-8-16/h1-6,9-11,13-14,16,18,23H,7-8,12,15H2,(H,33,42)(H2,34,35,36,37,38)/t18-,23-/m0/s1. The summed E-state index contributed by atoms with van der Waals surface area (Å²) in [5, 5.41) is 18.2. The van der Waals surface area contributed by atoms with Gasteiger partial charge >= 0.3 is 0 Å². The number of benzene rings is 1. The molecule has 2 atom stereocenters. The molecule has 44 heavy (non-hydrogen) atoms. The number of H-pyrrole nitrogens is 1. The van der Waals surface area contributed by atoms with Crippen molar-refractivity contribution in [1.82, 2.24) is 34.7 Å². The second kappa shape index (κ2) is 9.97. The van der Waals surface area contributed by atoms with Gasteiger partial charge in [0, 0.05) is 30.4 Å². The molecule has 14 heteroatoms. The molecule has 1 saturated carbocycles. The number of anilines is 4. The predicted octanol–water partition coefficient (Wildman–Crippen LogP) is 3.49. The van der Waals surface area contributed by atoms with Crippen LogP contribution in [-0.4, -0.2) is 71.0 Å². The molecule has 8 rings (SSSR count). The molecule has 220 valence electrons. The van der Waals surface area contributed by atoms with Crippen LogP contribution in [0.15, 0.2) is 67.0 Å². The zero-order chi connectivity index (χ0) is 29.9. The molecular weight excluding hydrogens is 567 g/mol. The van der Waals surface area contributed by atoms with Gasteiger partial charge in [-0.15, -0.1) is 5.10 Å². The number of pyridine rings is 1. The third kappa shape index (κ3) is 4.42. The van der Waals surface area contributed by atoms with Crippen LogP contribution >= 0.6 is 0 Å². The van der Waals surface area contributed by atoms with E-state index in [4.69, 9.17) is 4.98 Å². The van der Waals surface area contributed by atoms with Crippen LogP contribution in [0.25, 0.3) is 5.52 Å². The Morgan fingerprint density at radius 2 is 1.82 bits per heavy atom. The number of imide groups is 1. The van der Waals surface area contributed by atoms with Crippen molar-refractivity contribution in [3.63, 3.8) is 0 Å². The maximum atomic E-state index is 13.7. The summed E-state index contributed by atoms with van der Waals surface area (Å²) in [6.07, 6.45) is 5.37. The van der Waals surface area contributed by atoms with Crippen LogP contribution in [0.1, 0.15) is 51.6 Å². The maximum Gasteiger partial charge on any atom is 0.261 e. The summed E-state index contributed by atoms with van der Waals surface area (Å²) in [7, 11) is 0. The zero-order valence-corrected chi connectivity index (χ0v) is 23.1. The molecular formula is C30H25FN10O3. The highest BCUT2D eigenvalue weighted by molar-refractivity contribution is 6.21. The van der Waals surface area contributed by atoms with Gasteiger partial charge in [-0.1, -0.05) is 12.1 Å². The molecule has 0 spiro atoms. The Bertz CT molecular complexity index is 1920. The van der Waals surface area contributed by atoms with Crippen molar-refractivity contribution < 1.29 is 18.8 Å². The lowest BCUT2D eigenvalue weighted by Gasteiger charge is -2.24. The third-order valence-electron chi connectivity index (χ3n) is 8.27. The van der Waals surface area contributed by atoms with E-state index in [1.54, 1.807) is 39.9 Å². The van der Waals surface area contributed by atoms with Gasteiger partial charge in [0.15, 0.2) is 11.6 Å². The molecule has 3 N–H and O–H groups in total. The van der Waals surface area contributed by atoms with Gasteiger partial charge < -0.3 is 15.5 Å². The molecule has 2 aliphatic heterocycles. The van der Waals surface area contributed by atoms with Gasteiger partial charge in [0.2, 0.25) is 17.8 Å². The number of hydrogen-bond acceptors (Lipinski definition) is 9. The average Bonchev–Trinajstić information content (AvgIpc) is 3.34. The van der Waals surface area contributed by atoms with Gasteiger partial charge in [-0.25, -0.2) is 9.50 Å². The fourth-order valence-corrected chi connectivity index (χ4v) is 5.95. The molecule has 1 aromatic carbocycles. The normalized spacial score (nSPS) is 19.6. The Morgan fingerprint density at radius 1 is 1.02 bits per heavy atom. The molecule has 0 unspecified atom stereocenters. The minimum Gasteiger partial charge on any atom is -0.325 e. The molecule has 5 aromatic rings. The van der Waals surface area contributed by atoms with Gasteiger partial charge in [-0.05, 0) is 55.7 Å². The van der Waals surface area contributed by atoms with Crippen molar-refractivity contribution >= 4 is 46.5 Å². The number of fused-ring (bicyclic) bond motifs is 2. The number of nitrogens with one attached hydrogen (secondary N) is 3. The summed E-state index contributed by atoms with van der Waals surface area (Å²) < 4.78 is 15.1. The quantitative estimate of drug-likeness (QED) is 0.190. The molecule has 3 amide bonds. The van der Waals surface area contributed by atoms with E-state index >= 15 is 0 Å². The van der Waals surface area contributed by atoms with Crippen molar-refractivity contribution in [2.24, 2.45) is 0 Å². The fraction of sp³-hybridized carbons (Fsp3) is 0.233. The fourth-order valence-electron chi connectivity index (χ4n) is 5.95. The van der Waals surface area contributed by atoms with Gasteiger partial charge in [-0.3, -0.25) is 24.4 Å². The lowest BCUT2D eigenvalue weighted by molar-refractivity contribution is -0.117. The van der Waals surface area contributed by atoms with Crippen LogP contribution in [0.2, 0.25) is 0 Å². The number of nitrogens with zero attached hydrogens (tertiary/aromatic N) is 7. The maximum absolute atomic E-state index is 13.7. The second-order valence-corrected chi connectivity index (χ2v) is 11.1. The second-order valence-electron chi connectivity index (χ2n) is 11.1. The van der Waals surface area contributed by atoms with Crippen molar-refractivity contribution in [2.75, 3.05) is 22.1 Å². The number of hydrogen-bond donors (Lipinski definition) is 3. The molecule has 1 saturated heterocycles. The van der Waals surface area contributed by atoms with E-state index in [1.807, 2.05) is 18.2 Å². The van der Waals surface area contributed by atoms with Crippen molar-refractivity contribution in [1.29, 1.82) is 0 Å². The van der Waals surface area contributed by atoms with Gasteiger partial charge in [0.25, 0.3) is 11.8 Å². The predicted molar refractivity (Wildman–Crippen MR) is 156 cm³/mol. The van der Waals surface area contributed by atoms with Gasteiger partial charge in [0.05, 0.1) is 29.1 Å². The smallest absolute Gasteiger partial charge is 0.261 e. The molecule has 0 radical (unpaired) electrons. The van der Waals surface area contributed by atoms with Crippen LogP contribution in [0.4, 0.5) is 27.7 Å². The molecule has 4 aromatic heterocycles. The van der Waals surface area contributed by atoms with Gasteiger partial charge in [0.1, 0.15) is 11.6 Å². The van der Waals surface area contributed by atoms with Crippen LogP contribution in [0.5, 0.6) is 0 Å². The van der Waals surface area contributed by atoms with Crippen molar-refractivity contribution in [3.8, 4) is 0 Å². The minimum atomic E-state index is -0.873. The molecule has 3 aliphatic rings. The largest absolute Gasteiger partial charge is 0.325 e. The Morgan fingerprint density at radius 3 is 2.55 bits per heavy atom. The number of carbonyl (C=O) groups excluding carboxylic acids is 3. The molecule has 6 heterocycles. The first-order chi connectivity index (χ1) is 21.4. The number of aromatic amines is 1. The first-order valence-corrected chi connectivity index (χ1v) is 14.3. The highest BCUT2D eigenvalue weighted by Gasteiger charge is 2.47. The van der Waals surface area contributed by atoms with E-state index in [1.165, 1.54) is 17.2 Å². The van der Waals surface area contributed by atoms with Crippen molar-refractivity contribution in [3.05, 3.63) is 89.8 Å². The Labute approximate surface area is 249 Å². The van der Waals surface area contributed by atoms with Crippen LogP contribution in [-0.2, 0) is 4.79 Å². The molecule has 13 nitrogen and oxygen atoms in total. The first kappa shape index (κ1) is 26.0. The van der Waals surface area contributed by atoms with Crippen LogP contribution < -0.4 is 15.5 Å². The van der Waals surface area contributed by atoms with Gasteiger partial charge in [-0.2, -0.15) is 14.5 Å². The SMILES string of the molecule is O=C(Nc1ccc(F)nc1)[C@@H]1C[C@H](N2C(=O)c3ccccc3C2=O)CN1c1nc(Nc2cc(C3CC3)[nH]n2)c2cccn2n1. The third-order valence-corrected chi connectivity index (χ3v) is 8.27. The number of carbonyl (C=O) groups is 3. The van der Waals surface area contributed by atoms with E-state index in [0.717, 1.165) is 24.6 Å². The van der Waals surface area contributed by atoms with E-state index < -0.39 is 35.8 Å². The Hall–Kier alpha value is -5.66. The summed E-state index contributed by atoms with van der Waals surface area (Å²) in [5.41, 5.74) is 2.71. The topological polar surface area (TPSA) is 154 Å². The van der Waals surface area contributed by atoms with E-state index in [2.05, 4.69) is 30.9 Å². The highest BCUT2D eigenvalue weighted by atomic mass is 19.1. The summed E-state index contributed by atoms with van der Waals surface area (Å²) in [4.78, 5) is 51.8. The lowest BCUT2D eigenvalue weighted by atomic mass is 10.1. The highest BCUT2D eigenvalue weighted by Crippen LogP contribution is 2.40. The zero-order valence-electron chi connectivity index (χ0n) is 23.1. The Balaban J connectivity index is 1.15. The lowest BCUT2D eigenvalue weighted by Crippen LogP contribution is -2.42. The van der Waals surface area contributed by atoms with Crippen molar-refractivity contribution in [2.45, 2.75) is 37.3 Å². The molecule has 2 fully saturated rings.